The molecule has 0 atom stereocenters. The van der Waals surface area contributed by atoms with E-state index in [9.17, 15) is 0 Å². The summed E-state index contributed by atoms with van der Waals surface area (Å²) in [5.74, 6) is 1.28. The summed E-state index contributed by atoms with van der Waals surface area (Å²) in [6.45, 7) is 3.93. The van der Waals surface area contributed by atoms with E-state index in [0.717, 1.165) is 46.9 Å². The maximum atomic E-state index is 5.56. The van der Waals surface area contributed by atoms with Crippen LogP contribution in [0.1, 0.15) is 49.1 Å². The van der Waals surface area contributed by atoms with E-state index < -0.39 is 0 Å². The van der Waals surface area contributed by atoms with E-state index in [-0.39, 0.29) is 0 Å². The van der Waals surface area contributed by atoms with E-state index in [1.807, 2.05) is 23.6 Å². The summed E-state index contributed by atoms with van der Waals surface area (Å²) in [7, 11) is 1.67. The molecule has 1 saturated carbocycles. The summed E-state index contributed by atoms with van der Waals surface area (Å²) in [5, 5.41) is 9.33. The first-order valence-corrected chi connectivity index (χ1v) is 12.3. The van der Waals surface area contributed by atoms with Gasteiger partial charge in [-0.2, -0.15) is 5.10 Å². The maximum absolute atomic E-state index is 5.56. The fraction of sp³-hybridized carbons (Fsp3) is 0.522. The van der Waals surface area contributed by atoms with Crippen LogP contribution in [0.3, 0.4) is 0 Å². The molecule has 0 aromatic carbocycles. The Balaban J connectivity index is 1.27. The number of H-pyrrole nitrogens is 1. The van der Waals surface area contributed by atoms with Crippen molar-refractivity contribution in [3.63, 3.8) is 0 Å². The molecule has 0 unspecified atom stereocenters. The molecule has 6 rings (SSSR count). The molecule has 0 amide bonds. The third-order valence-electron chi connectivity index (χ3n) is 6.86. The average molecular weight is 453 g/mol. The van der Waals surface area contributed by atoms with Gasteiger partial charge in [0.25, 0.3) is 0 Å². The van der Waals surface area contributed by atoms with E-state index in [4.69, 9.17) is 14.5 Å². The van der Waals surface area contributed by atoms with Gasteiger partial charge in [0.1, 0.15) is 16.7 Å². The Hall–Kier alpha value is -2.49. The van der Waals surface area contributed by atoms with Gasteiger partial charge in [0.05, 0.1) is 37.1 Å². The smallest absolute Gasteiger partial charge is 0.197 e. The number of ether oxygens (including phenoxy) is 2. The van der Waals surface area contributed by atoms with Crippen LogP contribution in [0.25, 0.3) is 27.3 Å². The van der Waals surface area contributed by atoms with Crippen LogP contribution in [-0.2, 0) is 11.2 Å². The van der Waals surface area contributed by atoms with Gasteiger partial charge in [-0.15, -0.1) is 11.3 Å². The van der Waals surface area contributed by atoms with E-state index in [2.05, 4.69) is 27.3 Å². The Kier molecular flexibility index (Phi) is 5.12. The summed E-state index contributed by atoms with van der Waals surface area (Å²) in [6.07, 6.45) is 9.31. The zero-order valence-corrected chi connectivity index (χ0v) is 19.2. The van der Waals surface area contributed by atoms with E-state index >= 15 is 0 Å². The number of thiazole rings is 1. The lowest BCUT2D eigenvalue weighted by Crippen LogP contribution is -2.51. The van der Waals surface area contributed by atoms with Crippen LogP contribution < -0.4 is 10.1 Å². The molecule has 1 aliphatic carbocycles. The van der Waals surface area contributed by atoms with E-state index in [0.29, 0.717) is 23.8 Å². The highest BCUT2D eigenvalue weighted by atomic mass is 32.1. The number of hydrogen-bond donors (Lipinski definition) is 2. The summed E-state index contributed by atoms with van der Waals surface area (Å²) in [5.41, 5.74) is 5.23. The third kappa shape index (κ3) is 3.39. The quantitative estimate of drug-likeness (QED) is 0.461. The Morgan fingerprint density at radius 2 is 2.09 bits per heavy atom. The number of fused-ring (bicyclic) bond motifs is 2. The first-order chi connectivity index (χ1) is 15.7. The van der Waals surface area contributed by atoms with Crippen molar-refractivity contribution in [2.45, 2.75) is 57.0 Å². The molecule has 32 heavy (non-hydrogen) atoms. The molecule has 2 aliphatic rings. The molecular weight excluding hydrogens is 424 g/mol. The molecule has 4 aromatic rings. The van der Waals surface area contributed by atoms with Gasteiger partial charge in [-0.05, 0) is 38.2 Å². The summed E-state index contributed by atoms with van der Waals surface area (Å²) in [4.78, 5) is 14.3. The highest BCUT2D eigenvalue weighted by Gasteiger charge is 2.29. The number of aromatic nitrogens is 5. The molecule has 8 nitrogen and oxygen atoms in total. The Morgan fingerprint density at radius 1 is 1.25 bits per heavy atom. The second-order valence-electron chi connectivity index (χ2n) is 8.84. The van der Waals surface area contributed by atoms with Crippen molar-refractivity contribution >= 4 is 27.3 Å². The SMILES string of the molecule is CCc1c(-c2cc(OC)c3ncnn3c2)[nH]c2sc(C3CCC(NC4COC4)CC3)nc12. The van der Waals surface area contributed by atoms with Crippen LogP contribution in [0.2, 0.25) is 0 Å². The van der Waals surface area contributed by atoms with E-state index in [1.165, 1.54) is 36.3 Å². The molecule has 0 bridgehead atoms. The number of methoxy groups -OCH3 is 1. The summed E-state index contributed by atoms with van der Waals surface area (Å²) < 4.78 is 12.6. The minimum absolute atomic E-state index is 0.565. The Labute approximate surface area is 190 Å². The lowest BCUT2D eigenvalue weighted by atomic mass is 9.86. The second kappa shape index (κ2) is 8.13. The van der Waals surface area contributed by atoms with Gasteiger partial charge >= 0.3 is 0 Å². The van der Waals surface area contributed by atoms with Crippen molar-refractivity contribution in [2.24, 2.45) is 0 Å². The van der Waals surface area contributed by atoms with E-state index in [1.54, 1.807) is 18.0 Å². The van der Waals surface area contributed by atoms with Gasteiger partial charge in [0.15, 0.2) is 11.4 Å². The molecule has 1 saturated heterocycles. The standard InChI is InChI=1S/C23H28N6O2S/c1-3-17-19(14-8-18(30-2)21-24-12-25-29(21)9-14)27-23-20(17)28-22(32-23)13-4-6-15(7-5-13)26-16-10-31-11-16/h8-9,12-13,15-16,26-27H,3-7,10-11H2,1-2H3. The number of pyridine rings is 1. The van der Waals surface area contributed by atoms with Gasteiger partial charge in [-0.3, -0.25) is 0 Å². The first kappa shape index (κ1) is 20.1. The molecular formula is C23H28N6O2S. The molecule has 0 radical (unpaired) electrons. The van der Waals surface area contributed by atoms with Gasteiger partial charge < -0.3 is 19.8 Å². The number of aryl methyl sites for hydroxylation is 1. The molecule has 4 aromatic heterocycles. The maximum Gasteiger partial charge on any atom is 0.197 e. The monoisotopic (exact) mass is 452 g/mol. The van der Waals surface area contributed by atoms with Gasteiger partial charge in [-0.1, -0.05) is 6.92 Å². The van der Waals surface area contributed by atoms with Crippen molar-refractivity contribution in [3.8, 4) is 17.0 Å². The lowest BCUT2D eigenvalue weighted by molar-refractivity contribution is -0.0121. The Bertz CT molecular complexity index is 1250. The summed E-state index contributed by atoms with van der Waals surface area (Å²) in [6, 6.07) is 3.22. The van der Waals surface area contributed by atoms with Crippen LogP contribution >= 0.6 is 11.3 Å². The molecule has 0 spiro atoms. The molecule has 9 heteroatoms. The minimum atomic E-state index is 0.565. The number of rotatable bonds is 6. The van der Waals surface area contributed by atoms with Crippen molar-refractivity contribution in [1.82, 2.24) is 29.9 Å². The fourth-order valence-corrected chi connectivity index (χ4v) is 6.22. The predicted molar refractivity (Wildman–Crippen MR) is 125 cm³/mol. The highest BCUT2D eigenvalue weighted by Crippen LogP contribution is 2.40. The van der Waals surface area contributed by atoms with Crippen molar-refractivity contribution in [1.29, 1.82) is 0 Å². The number of hydrogen-bond acceptors (Lipinski definition) is 7. The Morgan fingerprint density at radius 3 is 2.81 bits per heavy atom. The molecule has 1 aliphatic heterocycles. The lowest BCUT2D eigenvalue weighted by Gasteiger charge is -2.35. The van der Waals surface area contributed by atoms with Crippen LogP contribution in [0, 0.1) is 0 Å². The summed E-state index contributed by atoms with van der Waals surface area (Å²) >= 11 is 1.82. The van der Waals surface area contributed by atoms with Crippen molar-refractivity contribution in [3.05, 3.63) is 29.2 Å². The number of aromatic amines is 1. The highest BCUT2D eigenvalue weighted by molar-refractivity contribution is 7.18. The zero-order valence-electron chi connectivity index (χ0n) is 18.4. The largest absolute Gasteiger partial charge is 0.493 e. The first-order valence-electron chi connectivity index (χ1n) is 11.5. The molecule has 2 fully saturated rings. The molecule has 2 N–H and O–H groups in total. The van der Waals surface area contributed by atoms with Crippen LogP contribution in [0.5, 0.6) is 5.75 Å². The fourth-order valence-electron chi connectivity index (χ4n) is 5.05. The predicted octanol–water partition coefficient (Wildman–Crippen LogP) is 3.92. The number of nitrogens with zero attached hydrogens (tertiary/aromatic N) is 4. The second-order valence-corrected chi connectivity index (χ2v) is 9.87. The zero-order chi connectivity index (χ0) is 21.7. The van der Waals surface area contributed by atoms with Crippen LogP contribution in [0.4, 0.5) is 0 Å². The average Bonchev–Trinajstić information content (AvgIpc) is 3.49. The van der Waals surface area contributed by atoms with Crippen molar-refractivity contribution < 1.29 is 9.47 Å². The third-order valence-corrected chi connectivity index (χ3v) is 7.99. The molecule has 5 heterocycles. The number of nitrogens with one attached hydrogen (secondary N) is 2. The normalized spacial score (nSPS) is 21.9. The van der Waals surface area contributed by atoms with Crippen LogP contribution in [0.15, 0.2) is 18.6 Å². The van der Waals surface area contributed by atoms with Gasteiger partial charge in [-0.25, -0.2) is 14.5 Å². The van der Waals surface area contributed by atoms with Gasteiger partial charge in [0.2, 0.25) is 0 Å². The molecule has 168 valence electrons. The van der Waals surface area contributed by atoms with Crippen molar-refractivity contribution in [2.75, 3.05) is 20.3 Å². The van der Waals surface area contributed by atoms with Gasteiger partial charge in [0, 0.05) is 29.3 Å². The van der Waals surface area contributed by atoms with Crippen LogP contribution in [-0.4, -0.2) is 57.0 Å². The minimum Gasteiger partial charge on any atom is -0.493 e. The topological polar surface area (TPSA) is 89.4 Å².